The van der Waals surface area contributed by atoms with E-state index < -0.39 is 0 Å². The van der Waals surface area contributed by atoms with E-state index in [1.807, 2.05) is 29.4 Å². The van der Waals surface area contributed by atoms with Crippen LogP contribution in [0.2, 0.25) is 0 Å². The van der Waals surface area contributed by atoms with Crippen LogP contribution in [0.5, 0.6) is 0 Å². The summed E-state index contributed by atoms with van der Waals surface area (Å²) in [5.41, 5.74) is 2.95. The maximum atomic E-state index is 12.2. The van der Waals surface area contributed by atoms with Gasteiger partial charge in [-0.1, -0.05) is 0 Å². The van der Waals surface area contributed by atoms with Crippen LogP contribution in [0.25, 0.3) is 5.78 Å². The average molecular weight is 381 g/mol. The molecule has 0 saturated carbocycles. The highest BCUT2D eigenvalue weighted by Crippen LogP contribution is 2.31. The van der Waals surface area contributed by atoms with Crippen molar-refractivity contribution in [2.45, 2.75) is 26.3 Å². The fourth-order valence-corrected chi connectivity index (χ4v) is 4.09. The SMILES string of the molecule is Cc1nc2ncnn2c(N2CCC(n3cc(N4CCN(C)C4=O)cn3)C2)c1C. The molecule has 0 aromatic carbocycles. The van der Waals surface area contributed by atoms with E-state index in [0.29, 0.717) is 12.3 Å². The Morgan fingerprint density at radius 1 is 1.14 bits per heavy atom. The number of fused-ring (bicyclic) bond motifs is 1. The third kappa shape index (κ3) is 2.51. The smallest absolute Gasteiger partial charge is 0.324 e. The molecule has 0 bridgehead atoms. The number of carbonyl (C=O) groups excluding carboxylic acids is 1. The summed E-state index contributed by atoms with van der Waals surface area (Å²) in [6.07, 6.45) is 6.30. The number of aromatic nitrogens is 6. The third-order valence-corrected chi connectivity index (χ3v) is 5.83. The van der Waals surface area contributed by atoms with Crippen LogP contribution in [0.3, 0.4) is 0 Å². The molecule has 146 valence electrons. The number of hydrogen-bond acceptors (Lipinski definition) is 6. The number of urea groups is 1. The summed E-state index contributed by atoms with van der Waals surface area (Å²) < 4.78 is 3.81. The molecule has 1 atom stereocenters. The molecule has 3 aromatic heterocycles. The molecule has 2 amide bonds. The maximum Gasteiger partial charge on any atom is 0.324 e. The lowest BCUT2D eigenvalue weighted by atomic mass is 10.2. The summed E-state index contributed by atoms with van der Waals surface area (Å²) in [7, 11) is 1.82. The highest BCUT2D eigenvalue weighted by Gasteiger charge is 2.31. The van der Waals surface area contributed by atoms with E-state index in [2.05, 4.69) is 32.0 Å². The molecule has 0 radical (unpaired) electrons. The van der Waals surface area contributed by atoms with E-state index in [9.17, 15) is 4.79 Å². The minimum Gasteiger partial charge on any atom is -0.354 e. The number of amides is 2. The van der Waals surface area contributed by atoms with Crippen molar-refractivity contribution in [1.82, 2.24) is 34.3 Å². The molecule has 28 heavy (non-hydrogen) atoms. The first kappa shape index (κ1) is 17.0. The Balaban J connectivity index is 1.40. The Labute approximate surface area is 162 Å². The highest BCUT2D eigenvalue weighted by atomic mass is 16.2. The van der Waals surface area contributed by atoms with Gasteiger partial charge in [-0.3, -0.25) is 9.58 Å². The zero-order valence-corrected chi connectivity index (χ0v) is 16.3. The predicted molar refractivity (Wildman–Crippen MR) is 104 cm³/mol. The van der Waals surface area contributed by atoms with Crippen LogP contribution >= 0.6 is 0 Å². The van der Waals surface area contributed by atoms with Crippen molar-refractivity contribution in [3.63, 3.8) is 0 Å². The summed E-state index contributed by atoms with van der Waals surface area (Å²) in [5, 5.41) is 8.92. The van der Waals surface area contributed by atoms with Gasteiger partial charge >= 0.3 is 6.03 Å². The predicted octanol–water partition coefficient (Wildman–Crippen LogP) is 1.26. The Bertz CT molecular complexity index is 1050. The molecule has 2 saturated heterocycles. The molecular formula is C18H23N9O. The van der Waals surface area contributed by atoms with E-state index in [0.717, 1.165) is 48.8 Å². The zero-order valence-electron chi connectivity index (χ0n) is 16.3. The molecule has 5 heterocycles. The van der Waals surface area contributed by atoms with E-state index in [-0.39, 0.29) is 12.1 Å². The number of carbonyl (C=O) groups is 1. The number of anilines is 2. The lowest BCUT2D eigenvalue weighted by molar-refractivity contribution is 0.229. The molecule has 0 aliphatic carbocycles. The lowest BCUT2D eigenvalue weighted by Gasteiger charge is -2.22. The van der Waals surface area contributed by atoms with Crippen molar-refractivity contribution < 1.29 is 4.79 Å². The second-order valence-electron chi connectivity index (χ2n) is 7.54. The van der Waals surface area contributed by atoms with Gasteiger partial charge in [-0.05, 0) is 20.3 Å². The quantitative estimate of drug-likeness (QED) is 0.679. The first-order valence-corrected chi connectivity index (χ1v) is 9.51. The van der Waals surface area contributed by atoms with E-state index >= 15 is 0 Å². The van der Waals surface area contributed by atoms with Crippen molar-refractivity contribution in [3.8, 4) is 0 Å². The Morgan fingerprint density at radius 3 is 2.79 bits per heavy atom. The van der Waals surface area contributed by atoms with Crippen LogP contribution in [0.1, 0.15) is 23.7 Å². The largest absolute Gasteiger partial charge is 0.354 e. The molecule has 2 aliphatic rings. The number of aryl methyl sites for hydroxylation is 1. The third-order valence-electron chi connectivity index (χ3n) is 5.83. The van der Waals surface area contributed by atoms with Gasteiger partial charge in [0, 0.05) is 50.7 Å². The van der Waals surface area contributed by atoms with Crippen LogP contribution in [0.15, 0.2) is 18.7 Å². The van der Waals surface area contributed by atoms with Crippen molar-refractivity contribution in [2.75, 3.05) is 43.0 Å². The first-order chi connectivity index (χ1) is 13.5. The van der Waals surface area contributed by atoms with E-state index in [1.54, 1.807) is 22.3 Å². The van der Waals surface area contributed by atoms with Crippen LogP contribution in [-0.2, 0) is 0 Å². The Kier molecular flexibility index (Phi) is 3.74. The van der Waals surface area contributed by atoms with Gasteiger partial charge < -0.3 is 9.80 Å². The molecule has 0 spiro atoms. The summed E-state index contributed by atoms with van der Waals surface area (Å²) in [4.78, 5) is 26.8. The van der Waals surface area contributed by atoms with Gasteiger partial charge in [0.05, 0.1) is 17.9 Å². The average Bonchev–Trinajstić information content (AvgIpc) is 3.44. The summed E-state index contributed by atoms with van der Waals surface area (Å²) in [6, 6.07) is 0.277. The molecule has 10 heteroatoms. The Morgan fingerprint density at radius 2 is 2.00 bits per heavy atom. The summed E-state index contributed by atoms with van der Waals surface area (Å²) >= 11 is 0. The molecule has 1 unspecified atom stereocenters. The van der Waals surface area contributed by atoms with Crippen LogP contribution in [-0.4, -0.2) is 73.5 Å². The van der Waals surface area contributed by atoms with Gasteiger partial charge in [-0.2, -0.15) is 19.7 Å². The van der Waals surface area contributed by atoms with Crippen LogP contribution in [0, 0.1) is 13.8 Å². The van der Waals surface area contributed by atoms with Crippen molar-refractivity contribution in [3.05, 3.63) is 30.0 Å². The minimum atomic E-state index is 0.0315. The normalized spacial score (nSPS) is 20.2. The van der Waals surface area contributed by atoms with Crippen molar-refractivity contribution in [1.29, 1.82) is 0 Å². The van der Waals surface area contributed by atoms with Gasteiger partial charge in [0.25, 0.3) is 5.78 Å². The van der Waals surface area contributed by atoms with Gasteiger partial charge in [0.1, 0.15) is 12.1 Å². The molecular weight excluding hydrogens is 358 g/mol. The standard InChI is InChI=1S/C18H23N9O/c1-12-13(2)22-17-19-11-21-27(17)16(12)24-5-4-14(9-24)26-10-15(8-20-26)25-7-6-23(3)18(25)28/h8,10-11,14H,4-7,9H2,1-3H3. The van der Waals surface area contributed by atoms with Crippen LogP contribution in [0.4, 0.5) is 16.3 Å². The first-order valence-electron chi connectivity index (χ1n) is 9.51. The highest BCUT2D eigenvalue weighted by molar-refractivity contribution is 5.93. The van der Waals surface area contributed by atoms with Gasteiger partial charge in [0.15, 0.2) is 0 Å². The number of nitrogens with zero attached hydrogens (tertiary/aromatic N) is 9. The van der Waals surface area contributed by atoms with Crippen LogP contribution < -0.4 is 9.80 Å². The molecule has 3 aromatic rings. The molecule has 5 rings (SSSR count). The van der Waals surface area contributed by atoms with E-state index in [1.165, 1.54) is 0 Å². The molecule has 2 aliphatic heterocycles. The lowest BCUT2D eigenvalue weighted by Crippen LogP contribution is -2.28. The number of rotatable bonds is 3. The second-order valence-corrected chi connectivity index (χ2v) is 7.54. The van der Waals surface area contributed by atoms with E-state index in [4.69, 9.17) is 0 Å². The topological polar surface area (TPSA) is 87.7 Å². The number of likely N-dealkylation sites (N-methyl/N-ethyl adjacent to an activating group) is 1. The fourth-order valence-electron chi connectivity index (χ4n) is 4.09. The van der Waals surface area contributed by atoms with Gasteiger partial charge in [0.2, 0.25) is 0 Å². The molecule has 10 nitrogen and oxygen atoms in total. The zero-order chi connectivity index (χ0) is 19.4. The Hall–Kier alpha value is -3.17. The fraction of sp³-hybridized carbons (Fsp3) is 0.500. The minimum absolute atomic E-state index is 0.0315. The van der Waals surface area contributed by atoms with Crippen molar-refractivity contribution in [2.24, 2.45) is 0 Å². The van der Waals surface area contributed by atoms with Gasteiger partial charge in [-0.25, -0.2) is 9.78 Å². The monoisotopic (exact) mass is 381 g/mol. The second kappa shape index (κ2) is 6.18. The summed E-state index contributed by atoms with van der Waals surface area (Å²) in [6.45, 7) is 7.27. The molecule has 2 fully saturated rings. The number of hydrogen-bond donors (Lipinski definition) is 0. The maximum absolute atomic E-state index is 12.2. The van der Waals surface area contributed by atoms with Gasteiger partial charge in [-0.15, -0.1) is 0 Å². The summed E-state index contributed by atoms with van der Waals surface area (Å²) in [5.74, 6) is 1.67. The molecule has 0 N–H and O–H groups in total. The van der Waals surface area contributed by atoms with Crippen molar-refractivity contribution >= 4 is 23.3 Å².